The van der Waals surface area contributed by atoms with Crippen LogP contribution in [0.2, 0.25) is 0 Å². The van der Waals surface area contributed by atoms with E-state index in [2.05, 4.69) is 30.3 Å². The number of carboxylic acids is 3. The van der Waals surface area contributed by atoms with Crippen LogP contribution in [-0.2, 0) is 15.0 Å². The average Bonchev–Trinajstić information content (AvgIpc) is 3.05. The van der Waals surface area contributed by atoms with Crippen molar-refractivity contribution in [1.82, 2.24) is 4.90 Å². The third kappa shape index (κ3) is 9.42. The summed E-state index contributed by atoms with van der Waals surface area (Å²) in [4.78, 5) is 44.7. The predicted molar refractivity (Wildman–Crippen MR) is 137 cm³/mol. The zero-order valence-corrected chi connectivity index (χ0v) is 20.8. The van der Waals surface area contributed by atoms with E-state index < -0.39 is 24.0 Å². The molecule has 1 atom stereocenters. The first-order valence-electron chi connectivity index (χ1n) is 11.8. The quantitative estimate of drug-likeness (QED) is 0.393. The summed E-state index contributed by atoms with van der Waals surface area (Å²) >= 11 is 0. The third-order valence-corrected chi connectivity index (χ3v) is 6.10. The van der Waals surface area contributed by atoms with Crippen LogP contribution < -0.4 is 10.1 Å². The minimum atomic E-state index is -1.26. The molecule has 0 radical (unpaired) electrons. The van der Waals surface area contributed by atoms with Crippen LogP contribution >= 0.6 is 0 Å². The molecule has 37 heavy (non-hydrogen) atoms. The minimum absolute atomic E-state index is 0.0633. The number of rotatable bonds is 7. The number of carboxylic acid groups (broad SMARTS) is 3. The largest absolute Gasteiger partial charge is 0.478 e. The molecule has 1 heterocycles. The molecule has 0 aliphatic carbocycles. The van der Waals surface area contributed by atoms with Crippen molar-refractivity contribution in [1.29, 1.82) is 0 Å². The Morgan fingerprint density at radius 2 is 1.65 bits per heavy atom. The van der Waals surface area contributed by atoms with Gasteiger partial charge in [0.1, 0.15) is 5.75 Å². The summed E-state index contributed by atoms with van der Waals surface area (Å²) in [5.41, 5.74) is 1.90. The van der Waals surface area contributed by atoms with Gasteiger partial charge < -0.3 is 25.0 Å². The molecule has 0 spiro atoms. The summed E-state index contributed by atoms with van der Waals surface area (Å²) in [7, 11) is 2.17. The fourth-order valence-electron chi connectivity index (χ4n) is 4.23. The number of amides is 1. The van der Waals surface area contributed by atoms with Crippen LogP contribution in [0.4, 0.5) is 10.5 Å². The Morgan fingerprint density at radius 3 is 2.22 bits per heavy atom. The van der Waals surface area contributed by atoms with E-state index in [4.69, 9.17) is 20.1 Å². The molecule has 1 aliphatic rings. The number of hydrogen-bond acceptors (Lipinski definition) is 6. The second-order valence-electron chi connectivity index (χ2n) is 8.76. The average molecular weight is 513 g/mol. The molecule has 10 nitrogen and oxygen atoms in total. The van der Waals surface area contributed by atoms with Gasteiger partial charge in [-0.3, -0.25) is 5.32 Å². The topological polar surface area (TPSA) is 153 Å². The Morgan fingerprint density at radius 1 is 1.00 bits per heavy atom. The molecule has 10 heteroatoms. The van der Waals surface area contributed by atoms with Gasteiger partial charge in [0.2, 0.25) is 0 Å². The number of aromatic carboxylic acids is 1. The van der Waals surface area contributed by atoms with E-state index in [1.807, 2.05) is 12.1 Å². The molecule has 1 amide bonds. The van der Waals surface area contributed by atoms with E-state index in [1.165, 1.54) is 42.7 Å². The first-order valence-corrected chi connectivity index (χ1v) is 11.8. The normalized spacial score (nSPS) is 17.7. The predicted octanol–water partition coefficient (Wildman–Crippen LogP) is 4.47. The maximum Gasteiger partial charge on any atom is 0.417 e. The highest BCUT2D eigenvalue weighted by atomic mass is 16.6. The molecule has 4 N–H and O–H groups in total. The van der Waals surface area contributed by atoms with Gasteiger partial charge in [-0.1, -0.05) is 25.5 Å². The zero-order chi connectivity index (χ0) is 27.4. The van der Waals surface area contributed by atoms with E-state index in [0.29, 0.717) is 23.6 Å². The molecular formula is C27H32N2O8. The Hall–Kier alpha value is -4.18. The van der Waals surface area contributed by atoms with E-state index in [1.54, 1.807) is 6.07 Å². The van der Waals surface area contributed by atoms with Crippen molar-refractivity contribution in [2.75, 3.05) is 25.5 Å². The fourth-order valence-corrected chi connectivity index (χ4v) is 4.23. The second-order valence-corrected chi connectivity index (χ2v) is 8.76. The van der Waals surface area contributed by atoms with Crippen molar-refractivity contribution < 1.29 is 39.2 Å². The number of ether oxygens (including phenoxy) is 1. The van der Waals surface area contributed by atoms with Gasteiger partial charge in [0, 0.05) is 29.8 Å². The molecule has 3 rings (SSSR count). The lowest BCUT2D eigenvalue weighted by molar-refractivity contribution is -0.134. The highest BCUT2D eigenvalue weighted by molar-refractivity contribution is 5.90. The van der Waals surface area contributed by atoms with Gasteiger partial charge in [-0.05, 0) is 74.8 Å². The van der Waals surface area contributed by atoms with Gasteiger partial charge in [0.25, 0.3) is 0 Å². The van der Waals surface area contributed by atoms with Crippen LogP contribution in [0.3, 0.4) is 0 Å². The van der Waals surface area contributed by atoms with Gasteiger partial charge in [-0.25, -0.2) is 19.2 Å². The molecule has 0 saturated carbocycles. The Labute approximate surface area is 215 Å². The van der Waals surface area contributed by atoms with Crippen LogP contribution in [0, 0.1) is 0 Å². The van der Waals surface area contributed by atoms with E-state index in [-0.39, 0.29) is 11.0 Å². The number of nitrogens with zero attached hydrogens (tertiary/aromatic N) is 1. The number of benzene rings is 2. The van der Waals surface area contributed by atoms with E-state index >= 15 is 0 Å². The molecule has 1 aliphatic heterocycles. The summed E-state index contributed by atoms with van der Waals surface area (Å²) in [6.45, 7) is 4.33. The third-order valence-electron chi connectivity index (χ3n) is 6.10. The number of hydrogen-bond donors (Lipinski definition) is 4. The summed E-state index contributed by atoms with van der Waals surface area (Å²) in [5.74, 6) is -3.02. The smallest absolute Gasteiger partial charge is 0.417 e. The first-order chi connectivity index (χ1) is 17.5. The maximum atomic E-state index is 12.3. The molecule has 2 aromatic carbocycles. The van der Waals surface area contributed by atoms with Gasteiger partial charge in [-0.15, -0.1) is 0 Å². The van der Waals surface area contributed by atoms with Gasteiger partial charge in [0.15, 0.2) is 0 Å². The van der Waals surface area contributed by atoms with Crippen LogP contribution in [-0.4, -0.2) is 64.4 Å². The maximum absolute atomic E-state index is 12.3. The standard InChI is InChI=1S/C23H28N2O4.C4H4O4/c1-3-23(13-4-5-14-25(2)16-23)18-7-6-8-20(15-18)29-22(28)24-19-11-9-17(10-12-19)21(26)27;5-3(6)1-2-4(7)8/h6-12,15H,3-5,13-14,16H2,1-2H3,(H,24,28)(H,26,27);1-2H,(H,5,6)(H,7,8)/b;2-1-. The molecule has 2 aromatic rings. The number of likely N-dealkylation sites (N-methyl/N-ethyl adjacent to an activating group) is 1. The highest BCUT2D eigenvalue weighted by Gasteiger charge is 2.33. The number of likely N-dealkylation sites (tertiary alicyclic amines) is 1. The number of anilines is 1. The number of carbonyl (C=O) groups excluding carboxylic acids is 1. The SMILES string of the molecule is CCC1(c2cccc(OC(=O)Nc3ccc(C(=O)O)cc3)c2)CCCCN(C)C1.O=C(O)/C=C\C(=O)O. The van der Waals surface area contributed by atoms with Crippen molar-refractivity contribution >= 4 is 29.7 Å². The molecule has 1 saturated heterocycles. The van der Waals surface area contributed by atoms with Crippen LogP contribution in [0.15, 0.2) is 60.7 Å². The summed E-state index contributed by atoms with van der Waals surface area (Å²) in [6, 6.07) is 13.7. The van der Waals surface area contributed by atoms with Crippen molar-refractivity contribution in [3.8, 4) is 5.75 Å². The Kier molecular flexibility index (Phi) is 10.8. The van der Waals surface area contributed by atoms with E-state index in [9.17, 15) is 19.2 Å². The van der Waals surface area contributed by atoms with Crippen molar-refractivity contribution in [3.63, 3.8) is 0 Å². The zero-order valence-electron chi connectivity index (χ0n) is 20.8. The lowest BCUT2D eigenvalue weighted by Gasteiger charge is -2.35. The summed E-state index contributed by atoms with van der Waals surface area (Å²) in [6.07, 6.45) is 5.06. The molecule has 1 fully saturated rings. The Balaban J connectivity index is 0.000000521. The number of carbonyl (C=O) groups is 4. The summed E-state index contributed by atoms with van der Waals surface area (Å²) in [5, 5.41) is 27.2. The van der Waals surface area contributed by atoms with Crippen LogP contribution in [0.1, 0.15) is 48.5 Å². The lowest BCUT2D eigenvalue weighted by atomic mass is 9.74. The van der Waals surface area contributed by atoms with Crippen molar-refractivity contribution in [2.45, 2.75) is 38.0 Å². The minimum Gasteiger partial charge on any atom is -0.478 e. The van der Waals surface area contributed by atoms with Gasteiger partial charge in [0.05, 0.1) is 5.56 Å². The monoisotopic (exact) mass is 512 g/mol. The van der Waals surface area contributed by atoms with E-state index in [0.717, 1.165) is 25.9 Å². The number of aliphatic carboxylic acids is 2. The molecule has 198 valence electrons. The van der Waals surface area contributed by atoms with Gasteiger partial charge >= 0.3 is 24.0 Å². The number of nitrogens with one attached hydrogen (secondary N) is 1. The molecule has 1 unspecified atom stereocenters. The molecule has 0 aromatic heterocycles. The first kappa shape index (κ1) is 29.1. The molecular weight excluding hydrogens is 480 g/mol. The highest BCUT2D eigenvalue weighted by Crippen LogP contribution is 2.37. The van der Waals surface area contributed by atoms with Crippen LogP contribution in [0.5, 0.6) is 5.75 Å². The van der Waals surface area contributed by atoms with Gasteiger partial charge in [-0.2, -0.15) is 0 Å². The molecule has 0 bridgehead atoms. The van der Waals surface area contributed by atoms with Crippen molar-refractivity contribution in [2.24, 2.45) is 0 Å². The van der Waals surface area contributed by atoms with Crippen molar-refractivity contribution in [3.05, 3.63) is 71.8 Å². The fraction of sp³-hybridized carbons (Fsp3) is 0.333. The summed E-state index contributed by atoms with van der Waals surface area (Å²) < 4.78 is 5.50. The Bertz CT molecular complexity index is 1110. The lowest BCUT2D eigenvalue weighted by Crippen LogP contribution is -2.37. The second kappa shape index (κ2) is 13.8. The van der Waals surface area contributed by atoms with Crippen LogP contribution in [0.25, 0.3) is 0 Å².